The lowest BCUT2D eigenvalue weighted by atomic mass is 10.0. The molecule has 1 aromatic heterocycles. The quantitative estimate of drug-likeness (QED) is 0.654. The average Bonchev–Trinajstić information content (AvgIpc) is 3.45. The Morgan fingerprint density at radius 1 is 1.16 bits per heavy atom. The van der Waals surface area contributed by atoms with Gasteiger partial charge in [0, 0.05) is 19.6 Å². The minimum atomic E-state index is -4.09. The maximum absolute atomic E-state index is 14.3. The summed E-state index contributed by atoms with van der Waals surface area (Å²) in [6.07, 6.45) is 4.16. The number of aryl methyl sites for hydroxylation is 1. The lowest BCUT2D eigenvalue weighted by Crippen LogP contribution is -2.29. The van der Waals surface area contributed by atoms with Crippen molar-refractivity contribution in [3.8, 4) is 0 Å². The molecule has 0 atom stereocenters. The number of carbonyl (C=O) groups is 2. The molecule has 0 radical (unpaired) electrons. The fourth-order valence-corrected chi connectivity index (χ4v) is 5.19. The number of fused-ring (bicyclic) bond motifs is 1. The van der Waals surface area contributed by atoms with Crippen molar-refractivity contribution in [2.24, 2.45) is 0 Å². The van der Waals surface area contributed by atoms with Crippen molar-refractivity contribution in [2.45, 2.75) is 50.1 Å². The number of halogens is 1. The minimum absolute atomic E-state index is 0.231. The predicted octanol–water partition coefficient (Wildman–Crippen LogP) is 1.86. The van der Waals surface area contributed by atoms with E-state index >= 15 is 0 Å². The number of methoxy groups -OCH3 is 1. The van der Waals surface area contributed by atoms with Gasteiger partial charge in [0.1, 0.15) is 11.4 Å². The number of likely N-dealkylation sites (tertiary alicyclic amines) is 1. The van der Waals surface area contributed by atoms with Gasteiger partial charge >= 0.3 is 5.97 Å². The van der Waals surface area contributed by atoms with E-state index in [1.807, 2.05) is 0 Å². The van der Waals surface area contributed by atoms with Gasteiger partial charge in [-0.05, 0) is 50.3 Å². The Morgan fingerprint density at radius 3 is 2.59 bits per heavy atom. The number of aromatic nitrogens is 2. The Morgan fingerprint density at radius 2 is 1.88 bits per heavy atom. The van der Waals surface area contributed by atoms with Crippen LogP contribution in [-0.4, -0.2) is 55.2 Å². The molecule has 1 aromatic carbocycles. The minimum Gasteiger partial charge on any atom is -0.465 e. The smallest absolute Gasteiger partial charge is 0.341 e. The summed E-state index contributed by atoms with van der Waals surface area (Å²) >= 11 is 0. The van der Waals surface area contributed by atoms with E-state index in [0.717, 1.165) is 49.6 Å². The summed E-state index contributed by atoms with van der Waals surface area (Å²) in [7, 11) is -2.83. The molecule has 0 aliphatic carbocycles. The molecular formula is C21H25FN4O5S. The van der Waals surface area contributed by atoms with Crippen molar-refractivity contribution in [3.05, 3.63) is 46.5 Å². The van der Waals surface area contributed by atoms with Crippen molar-refractivity contribution in [1.29, 1.82) is 0 Å². The number of hydrogen-bond acceptors (Lipinski definition) is 6. The van der Waals surface area contributed by atoms with Crippen LogP contribution in [0.4, 0.5) is 4.39 Å². The van der Waals surface area contributed by atoms with Crippen LogP contribution in [-0.2, 0) is 34.3 Å². The summed E-state index contributed by atoms with van der Waals surface area (Å²) < 4.78 is 49.1. The number of ether oxygens (including phenoxy) is 1. The molecule has 0 saturated carbocycles. The molecule has 9 nitrogen and oxygen atoms in total. The second kappa shape index (κ2) is 8.99. The molecule has 1 N–H and O–H groups in total. The number of rotatable bonds is 6. The Labute approximate surface area is 185 Å². The Hall–Kier alpha value is -2.79. The summed E-state index contributed by atoms with van der Waals surface area (Å²) in [6, 6.07) is 3.14. The lowest BCUT2D eigenvalue weighted by Gasteiger charge is -2.16. The van der Waals surface area contributed by atoms with Crippen molar-refractivity contribution >= 4 is 21.9 Å². The highest BCUT2D eigenvalue weighted by Gasteiger charge is 2.28. The van der Waals surface area contributed by atoms with Gasteiger partial charge in [0.05, 0.1) is 35.5 Å². The second-order valence-electron chi connectivity index (χ2n) is 7.91. The van der Waals surface area contributed by atoms with Crippen LogP contribution in [0.1, 0.15) is 57.8 Å². The van der Waals surface area contributed by atoms with Crippen molar-refractivity contribution in [3.63, 3.8) is 0 Å². The number of carbonyl (C=O) groups excluding carboxylic acids is 2. The highest BCUT2D eigenvalue weighted by atomic mass is 32.2. The molecule has 4 rings (SSSR count). The third-order valence-corrected chi connectivity index (χ3v) is 7.25. The van der Waals surface area contributed by atoms with Crippen LogP contribution < -0.4 is 4.72 Å². The molecule has 1 amide bonds. The van der Waals surface area contributed by atoms with E-state index in [-0.39, 0.29) is 28.3 Å². The maximum Gasteiger partial charge on any atom is 0.341 e. The molecule has 32 heavy (non-hydrogen) atoms. The molecule has 1 fully saturated rings. The van der Waals surface area contributed by atoms with Crippen molar-refractivity contribution < 1.29 is 27.1 Å². The predicted molar refractivity (Wildman–Crippen MR) is 112 cm³/mol. The number of nitrogens with zero attached hydrogens (tertiary/aromatic N) is 3. The van der Waals surface area contributed by atoms with Crippen molar-refractivity contribution in [1.82, 2.24) is 19.4 Å². The highest BCUT2D eigenvalue weighted by molar-refractivity contribution is 7.89. The fraction of sp³-hybridized carbons (Fsp3) is 0.476. The van der Waals surface area contributed by atoms with Gasteiger partial charge < -0.3 is 9.64 Å². The normalized spacial score (nSPS) is 16.1. The van der Waals surface area contributed by atoms with E-state index in [4.69, 9.17) is 4.74 Å². The topological polar surface area (TPSA) is 111 Å². The molecule has 3 heterocycles. The van der Waals surface area contributed by atoms with Gasteiger partial charge in [0.15, 0.2) is 0 Å². The molecule has 2 aliphatic heterocycles. The molecule has 0 unspecified atom stereocenters. The third kappa shape index (κ3) is 4.26. The number of nitrogens with one attached hydrogen (secondary N) is 1. The van der Waals surface area contributed by atoms with E-state index in [0.29, 0.717) is 26.1 Å². The molecule has 2 aliphatic rings. The van der Waals surface area contributed by atoms with Crippen LogP contribution in [0.3, 0.4) is 0 Å². The number of sulfonamides is 1. The first-order valence-corrected chi connectivity index (χ1v) is 12.1. The van der Waals surface area contributed by atoms with Gasteiger partial charge in [-0.2, -0.15) is 5.10 Å². The fourth-order valence-electron chi connectivity index (χ4n) is 4.18. The van der Waals surface area contributed by atoms with E-state index in [2.05, 4.69) is 9.82 Å². The summed E-state index contributed by atoms with van der Waals surface area (Å²) in [5.41, 5.74) is 1.01. The zero-order chi connectivity index (χ0) is 22.9. The molecule has 11 heteroatoms. The van der Waals surface area contributed by atoms with Crippen LogP contribution in [0.15, 0.2) is 23.1 Å². The van der Waals surface area contributed by atoms with Gasteiger partial charge in [0.25, 0.3) is 5.91 Å². The summed E-state index contributed by atoms with van der Waals surface area (Å²) in [4.78, 5) is 26.2. The van der Waals surface area contributed by atoms with Crippen molar-refractivity contribution in [2.75, 3.05) is 20.2 Å². The summed E-state index contributed by atoms with van der Waals surface area (Å²) in [5.74, 6) is -1.86. The van der Waals surface area contributed by atoms with Gasteiger partial charge in [-0.1, -0.05) is 0 Å². The number of benzene rings is 1. The molecule has 2 aromatic rings. The van der Waals surface area contributed by atoms with E-state index in [1.165, 1.54) is 12.0 Å². The SMILES string of the molecule is COC(=O)c1c(CNS(=O)(=O)c2ccc(F)c(C(=O)N3CCCC3)c2)nn2c1CCCC2. The molecule has 172 valence electrons. The number of hydrogen-bond donors (Lipinski definition) is 1. The first-order valence-electron chi connectivity index (χ1n) is 10.6. The van der Waals surface area contributed by atoms with Crippen LogP contribution in [0.2, 0.25) is 0 Å². The van der Waals surface area contributed by atoms with Crippen LogP contribution in [0.5, 0.6) is 0 Å². The Bertz CT molecular complexity index is 1160. The second-order valence-corrected chi connectivity index (χ2v) is 9.67. The first-order chi connectivity index (χ1) is 15.3. The van der Waals surface area contributed by atoms with E-state index in [9.17, 15) is 22.4 Å². The molecule has 1 saturated heterocycles. The Kier molecular flexibility index (Phi) is 6.29. The van der Waals surface area contributed by atoms with Crippen LogP contribution in [0.25, 0.3) is 0 Å². The third-order valence-electron chi connectivity index (χ3n) is 5.85. The molecule has 0 bridgehead atoms. The zero-order valence-corrected chi connectivity index (χ0v) is 18.6. The summed E-state index contributed by atoms with van der Waals surface area (Å²) in [6.45, 7) is 1.45. The highest BCUT2D eigenvalue weighted by Crippen LogP contribution is 2.24. The van der Waals surface area contributed by atoms with Crippen LogP contribution in [0, 0.1) is 5.82 Å². The monoisotopic (exact) mass is 464 g/mol. The van der Waals surface area contributed by atoms with E-state index < -0.39 is 27.7 Å². The largest absolute Gasteiger partial charge is 0.465 e. The first kappa shape index (κ1) is 22.4. The lowest BCUT2D eigenvalue weighted by molar-refractivity contribution is 0.0597. The van der Waals surface area contributed by atoms with Gasteiger partial charge in [-0.25, -0.2) is 22.3 Å². The standard InChI is InChI=1S/C21H25FN4O5S/c1-31-21(28)19-17(24-26-11-3-2-6-18(19)26)13-23-32(29,30)14-7-8-16(22)15(12-14)20(27)25-9-4-5-10-25/h7-8,12,23H,2-6,9-11,13H2,1H3. The zero-order valence-electron chi connectivity index (χ0n) is 17.8. The average molecular weight is 465 g/mol. The molecule has 0 spiro atoms. The van der Waals surface area contributed by atoms with Gasteiger partial charge in [-0.15, -0.1) is 0 Å². The number of amides is 1. The summed E-state index contributed by atoms with van der Waals surface area (Å²) in [5, 5.41) is 4.40. The molecular weight excluding hydrogens is 439 g/mol. The Balaban J connectivity index is 1.58. The van der Waals surface area contributed by atoms with E-state index in [1.54, 1.807) is 4.68 Å². The van der Waals surface area contributed by atoms with Gasteiger partial charge in [-0.3, -0.25) is 9.48 Å². The van der Waals surface area contributed by atoms with Crippen LogP contribution >= 0.6 is 0 Å². The maximum atomic E-state index is 14.3. The number of esters is 1. The van der Waals surface area contributed by atoms with Gasteiger partial charge in [0.2, 0.25) is 10.0 Å².